The Bertz CT molecular complexity index is 1190. The van der Waals surface area contributed by atoms with E-state index in [0.717, 1.165) is 31.2 Å². The Balaban J connectivity index is 1.29. The third-order valence-electron chi connectivity index (χ3n) is 6.07. The van der Waals surface area contributed by atoms with E-state index in [1.165, 1.54) is 31.4 Å². The van der Waals surface area contributed by atoms with Crippen molar-refractivity contribution in [3.63, 3.8) is 0 Å². The van der Waals surface area contributed by atoms with E-state index in [4.69, 9.17) is 14.9 Å². The molecule has 0 unspecified atom stereocenters. The number of esters is 1. The molecule has 1 saturated carbocycles. The molecule has 4 rings (SSSR count). The first-order valence-electron chi connectivity index (χ1n) is 11.7. The highest BCUT2D eigenvalue weighted by Gasteiger charge is 2.24. The van der Waals surface area contributed by atoms with E-state index in [1.54, 1.807) is 6.07 Å². The number of halogens is 1. The van der Waals surface area contributed by atoms with Gasteiger partial charge >= 0.3 is 23.8 Å². The lowest BCUT2D eigenvalue weighted by Gasteiger charge is -2.29. The molecule has 0 radical (unpaired) electrons. The van der Waals surface area contributed by atoms with E-state index in [0.29, 0.717) is 29.6 Å². The monoisotopic (exact) mass is 497 g/mol. The second-order valence-electron chi connectivity index (χ2n) is 8.52. The largest absolute Gasteiger partial charge is 0.469 e. The molecule has 1 aliphatic rings. The lowest BCUT2D eigenvalue weighted by molar-refractivity contribution is -0.142. The Morgan fingerprint density at radius 2 is 1.86 bits per heavy atom. The number of carbonyl (C=O) groups is 2. The normalized spacial score (nSPS) is 17.4. The number of anilines is 4. The van der Waals surface area contributed by atoms with E-state index < -0.39 is 5.91 Å². The van der Waals surface area contributed by atoms with Crippen molar-refractivity contribution in [1.82, 2.24) is 10.2 Å². The molecule has 11 heteroatoms. The van der Waals surface area contributed by atoms with Crippen LogP contribution in [-0.2, 0) is 14.3 Å². The van der Waals surface area contributed by atoms with Crippen LogP contribution in [0, 0.1) is 5.82 Å². The second-order valence-corrected chi connectivity index (χ2v) is 8.52. The highest BCUT2D eigenvalue weighted by molar-refractivity contribution is 6.02. The van der Waals surface area contributed by atoms with E-state index >= 15 is 0 Å². The number of carbonyl (C=O) groups excluding carboxylic acids is 2. The van der Waals surface area contributed by atoms with Crippen LogP contribution >= 0.6 is 0 Å². The lowest BCUT2D eigenvalue weighted by atomic mass is 9.82. The zero-order valence-corrected chi connectivity index (χ0v) is 19.8. The number of rotatable bonds is 9. The number of hydrogen-bond acceptors (Lipinski definition) is 9. The van der Waals surface area contributed by atoms with Gasteiger partial charge in [0, 0.05) is 5.69 Å². The summed E-state index contributed by atoms with van der Waals surface area (Å²) in [5.74, 6) is -1.14. The highest BCUT2D eigenvalue weighted by Crippen LogP contribution is 2.36. The van der Waals surface area contributed by atoms with Crippen LogP contribution in [-0.4, -0.2) is 41.9 Å². The molecule has 0 atom stereocenters. The number of nitrogens with zero attached hydrogens (tertiary/aromatic N) is 2. The molecule has 1 heterocycles. The third kappa shape index (κ3) is 6.57. The van der Waals surface area contributed by atoms with Crippen molar-refractivity contribution in [2.45, 2.75) is 44.1 Å². The minimum Gasteiger partial charge on any atom is -0.469 e. The average Bonchev–Trinajstić information content (AvgIpc) is 3.35. The maximum Gasteiger partial charge on any atom is 0.320 e. The predicted octanol–water partition coefficient (Wildman–Crippen LogP) is 4.39. The maximum atomic E-state index is 13.0. The highest BCUT2D eigenvalue weighted by atomic mass is 19.1. The van der Waals surface area contributed by atoms with Gasteiger partial charge in [0.1, 0.15) is 5.82 Å². The number of aromatic nitrogens is 2. The number of nitrogens with two attached hydrogens (primary N) is 1. The summed E-state index contributed by atoms with van der Waals surface area (Å²) in [6.07, 6.45) is 4.08. The Labute approximate surface area is 207 Å². The number of nitrogen functional groups attached to an aromatic ring is 1. The molecule has 3 aromatic rings. The van der Waals surface area contributed by atoms with Crippen molar-refractivity contribution in [2.24, 2.45) is 0 Å². The van der Waals surface area contributed by atoms with Crippen LogP contribution in [0.2, 0.25) is 0 Å². The smallest absolute Gasteiger partial charge is 0.320 e. The third-order valence-corrected chi connectivity index (χ3v) is 6.07. The summed E-state index contributed by atoms with van der Waals surface area (Å²) in [5.41, 5.74) is 8.72. The molecular weight excluding hydrogens is 469 g/mol. The van der Waals surface area contributed by atoms with Crippen LogP contribution in [0.5, 0.6) is 0 Å². The lowest BCUT2D eigenvalue weighted by Crippen LogP contribution is -2.22. The summed E-state index contributed by atoms with van der Waals surface area (Å²) in [6.45, 7) is 0.368. The molecule has 36 heavy (non-hydrogen) atoms. The van der Waals surface area contributed by atoms with Gasteiger partial charge in [-0.1, -0.05) is 11.2 Å². The fourth-order valence-electron chi connectivity index (χ4n) is 4.12. The van der Waals surface area contributed by atoms with Crippen molar-refractivity contribution in [3.8, 4) is 0 Å². The summed E-state index contributed by atoms with van der Waals surface area (Å²) in [4.78, 5) is 23.8. The minimum absolute atomic E-state index is 0.0000402. The van der Waals surface area contributed by atoms with Crippen LogP contribution in [0.15, 0.2) is 46.9 Å². The van der Waals surface area contributed by atoms with E-state index in [1.807, 2.05) is 12.1 Å². The van der Waals surface area contributed by atoms with Crippen LogP contribution < -0.4 is 16.4 Å². The van der Waals surface area contributed by atoms with Gasteiger partial charge < -0.3 is 30.3 Å². The molecule has 4 N–H and O–H groups in total. The van der Waals surface area contributed by atoms with Gasteiger partial charge in [-0.3, -0.25) is 9.59 Å². The zero-order chi connectivity index (χ0) is 25.5. The van der Waals surface area contributed by atoms with E-state index in [9.17, 15) is 14.0 Å². The minimum atomic E-state index is -0.598. The average molecular weight is 498 g/mol. The SMILES string of the molecule is COC(=O)CCO[C@H]1CC[C@H](c2ccc(NC(=O)c3nnc(Nc4ccc(F)cc4)o3)c(N)c2)CC1. The maximum absolute atomic E-state index is 13.0. The first kappa shape index (κ1) is 25.1. The van der Waals surface area contributed by atoms with Crippen LogP contribution in [0.1, 0.15) is 54.3 Å². The Morgan fingerprint density at radius 1 is 1.11 bits per heavy atom. The molecule has 2 aromatic carbocycles. The summed E-state index contributed by atoms with van der Waals surface area (Å²) in [7, 11) is 1.37. The first-order valence-corrected chi connectivity index (χ1v) is 11.7. The first-order chi connectivity index (χ1) is 17.4. The van der Waals surface area contributed by atoms with Gasteiger partial charge in [-0.2, -0.15) is 0 Å². The molecule has 0 spiro atoms. The predicted molar refractivity (Wildman–Crippen MR) is 130 cm³/mol. The molecular formula is C25H28FN5O5. The number of methoxy groups -OCH3 is 1. The van der Waals surface area contributed by atoms with Gasteiger partial charge in [-0.05, 0) is 73.6 Å². The van der Waals surface area contributed by atoms with Gasteiger partial charge in [-0.15, -0.1) is 5.10 Å². The summed E-state index contributed by atoms with van der Waals surface area (Å²) >= 11 is 0. The zero-order valence-electron chi connectivity index (χ0n) is 19.8. The number of benzene rings is 2. The molecule has 190 valence electrons. The van der Waals surface area contributed by atoms with Crippen LogP contribution in [0.4, 0.5) is 27.5 Å². The molecule has 0 aliphatic heterocycles. The van der Waals surface area contributed by atoms with Crippen molar-refractivity contribution < 1.29 is 27.9 Å². The molecule has 1 aromatic heterocycles. The van der Waals surface area contributed by atoms with Crippen molar-refractivity contribution in [3.05, 3.63) is 59.7 Å². The second kappa shape index (κ2) is 11.6. The topological polar surface area (TPSA) is 142 Å². The summed E-state index contributed by atoms with van der Waals surface area (Å²) < 4.78 is 28.8. The van der Waals surface area contributed by atoms with Crippen molar-refractivity contribution in [2.75, 3.05) is 30.1 Å². The fraction of sp³-hybridized carbons (Fsp3) is 0.360. The van der Waals surface area contributed by atoms with Gasteiger partial charge in [0.25, 0.3) is 0 Å². The Kier molecular flexibility index (Phi) is 8.11. The van der Waals surface area contributed by atoms with Crippen LogP contribution in [0.3, 0.4) is 0 Å². The standard InChI is InChI=1S/C25H28FN5O5/c1-34-22(32)12-13-35-19-9-2-15(3-10-19)16-4-11-21(20(27)14-16)29-23(33)24-30-31-25(36-24)28-18-7-5-17(26)6-8-18/h4-8,11,14-15,19H,2-3,9-10,12-13,27H2,1H3,(H,28,31)(H,29,33)/t15-,19-. The molecule has 1 fully saturated rings. The van der Waals surface area contributed by atoms with E-state index in [-0.39, 0.29) is 36.2 Å². The molecule has 1 aliphatic carbocycles. The molecule has 0 saturated heterocycles. The number of amides is 1. The van der Waals surface area contributed by atoms with Crippen molar-refractivity contribution in [1.29, 1.82) is 0 Å². The summed E-state index contributed by atoms with van der Waals surface area (Å²) in [5, 5.41) is 13.0. The number of ether oxygens (including phenoxy) is 2. The quantitative estimate of drug-likeness (QED) is 0.290. The van der Waals surface area contributed by atoms with Crippen LogP contribution in [0.25, 0.3) is 0 Å². The Morgan fingerprint density at radius 3 is 2.56 bits per heavy atom. The number of nitrogens with one attached hydrogen (secondary N) is 2. The molecule has 0 bridgehead atoms. The van der Waals surface area contributed by atoms with Gasteiger partial charge in [0.05, 0.1) is 37.6 Å². The molecule has 1 amide bonds. The number of hydrogen-bond donors (Lipinski definition) is 3. The summed E-state index contributed by atoms with van der Waals surface area (Å²) in [6, 6.07) is 11.2. The van der Waals surface area contributed by atoms with Gasteiger partial charge in [0.2, 0.25) is 0 Å². The van der Waals surface area contributed by atoms with Crippen molar-refractivity contribution >= 4 is 35.0 Å². The Hall–Kier alpha value is -3.99. The van der Waals surface area contributed by atoms with Gasteiger partial charge in [-0.25, -0.2) is 4.39 Å². The van der Waals surface area contributed by atoms with Gasteiger partial charge in [0.15, 0.2) is 0 Å². The fourth-order valence-corrected chi connectivity index (χ4v) is 4.12. The van der Waals surface area contributed by atoms with E-state index in [2.05, 4.69) is 25.6 Å². The molecule has 10 nitrogen and oxygen atoms in total.